The van der Waals surface area contributed by atoms with Gasteiger partial charge in [-0.1, -0.05) is 26.0 Å². The number of carbonyl (C=O) groups is 1. The third-order valence-corrected chi connectivity index (χ3v) is 6.21. The van der Waals surface area contributed by atoms with E-state index >= 15 is 0 Å². The minimum absolute atomic E-state index is 0.0344. The van der Waals surface area contributed by atoms with Crippen molar-refractivity contribution in [3.63, 3.8) is 0 Å². The van der Waals surface area contributed by atoms with E-state index in [0.29, 0.717) is 18.0 Å². The lowest BCUT2D eigenvalue weighted by Crippen LogP contribution is -2.67. The molecule has 1 saturated heterocycles. The molecular formula is C21H29N3O2. The van der Waals surface area contributed by atoms with Gasteiger partial charge in [-0.3, -0.25) is 9.69 Å². The Kier molecular flexibility index (Phi) is 5.09. The number of likely N-dealkylation sites (tertiary alicyclic amines) is 1. The summed E-state index contributed by atoms with van der Waals surface area (Å²) in [5.74, 6) is 0.519. The molecule has 1 spiro atoms. The van der Waals surface area contributed by atoms with Crippen LogP contribution < -0.4 is 0 Å². The van der Waals surface area contributed by atoms with Crippen molar-refractivity contribution in [2.24, 2.45) is 11.3 Å². The van der Waals surface area contributed by atoms with Gasteiger partial charge in [0.05, 0.1) is 17.7 Å². The molecule has 1 aliphatic carbocycles. The Morgan fingerprint density at radius 3 is 2.81 bits per heavy atom. The van der Waals surface area contributed by atoms with Crippen LogP contribution in [0.15, 0.2) is 24.3 Å². The molecule has 0 bridgehead atoms. The molecule has 1 N–H and O–H groups in total. The van der Waals surface area contributed by atoms with E-state index in [4.69, 9.17) is 5.26 Å². The molecular weight excluding hydrogens is 326 g/mol. The smallest absolute Gasteiger partial charge is 0.219 e. The summed E-state index contributed by atoms with van der Waals surface area (Å²) in [4.78, 5) is 16.1. The lowest BCUT2D eigenvalue weighted by Gasteiger charge is -2.58. The topological polar surface area (TPSA) is 67.6 Å². The molecule has 1 heterocycles. The van der Waals surface area contributed by atoms with E-state index in [2.05, 4.69) is 24.8 Å². The first-order valence-corrected chi connectivity index (χ1v) is 9.42. The van der Waals surface area contributed by atoms with Crippen LogP contribution in [0.4, 0.5) is 0 Å². The van der Waals surface area contributed by atoms with Gasteiger partial charge in [-0.2, -0.15) is 5.26 Å². The number of aliphatic hydroxyl groups excluding tert-OH is 1. The summed E-state index contributed by atoms with van der Waals surface area (Å²) in [7, 11) is 2.04. The Hall–Kier alpha value is -1.90. The minimum atomic E-state index is -0.380. The molecule has 1 aliphatic heterocycles. The molecule has 0 radical (unpaired) electrons. The largest absolute Gasteiger partial charge is 0.391 e. The Labute approximate surface area is 156 Å². The van der Waals surface area contributed by atoms with Crippen LogP contribution in [0.5, 0.6) is 0 Å². The Balaban J connectivity index is 1.72. The second-order valence-electron chi connectivity index (χ2n) is 8.47. The molecule has 1 aromatic carbocycles. The second-order valence-corrected chi connectivity index (χ2v) is 8.47. The molecule has 140 valence electrons. The maximum atomic E-state index is 11.9. The zero-order chi connectivity index (χ0) is 19.1. The Morgan fingerprint density at radius 1 is 1.46 bits per heavy atom. The lowest BCUT2D eigenvalue weighted by molar-refractivity contribution is -0.158. The van der Waals surface area contributed by atoms with E-state index < -0.39 is 0 Å². The Morgan fingerprint density at radius 2 is 2.19 bits per heavy atom. The van der Waals surface area contributed by atoms with Crippen molar-refractivity contribution < 1.29 is 9.90 Å². The maximum absolute atomic E-state index is 11.9. The number of benzene rings is 1. The van der Waals surface area contributed by atoms with Crippen molar-refractivity contribution in [2.45, 2.75) is 58.3 Å². The molecule has 5 nitrogen and oxygen atoms in total. The number of amides is 1. The molecule has 1 aromatic rings. The van der Waals surface area contributed by atoms with E-state index in [9.17, 15) is 9.90 Å². The molecule has 2 unspecified atom stereocenters. The number of hydrogen-bond acceptors (Lipinski definition) is 4. The molecule has 3 rings (SSSR count). The highest BCUT2D eigenvalue weighted by Gasteiger charge is 2.60. The zero-order valence-electron chi connectivity index (χ0n) is 16.1. The first kappa shape index (κ1) is 18.9. The fraction of sp³-hybridized carbons (Fsp3) is 0.619. The first-order valence-electron chi connectivity index (χ1n) is 9.42. The first-order chi connectivity index (χ1) is 12.3. The third kappa shape index (κ3) is 3.24. The van der Waals surface area contributed by atoms with E-state index in [0.717, 1.165) is 24.9 Å². The van der Waals surface area contributed by atoms with Gasteiger partial charge in [-0.05, 0) is 43.5 Å². The van der Waals surface area contributed by atoms with E-state index in [-0.39, 0.29) is 29.5 Å². The molecule has 2 aliphatic rings. The van der Waals surface area contributed by atoms with Gasteiger partial charge in [0, 0.05) is 37.5 Å². The van der Waals surface area contributed by atoms with Gasteiger partial charge in [-0.15, -0.1) is 0 Å². The lowest BCUT2D eigenvalue weighted by atomic mass is 9.65. The minimum Gasteiger partial charge on any atom is -0.391 e. The normalized spacial score (nSPS) is 30.7. The van der Waals surface area contributed by atoms with Crippen LogP contribution in [0.2, 0.25) is 0 Å². The monoisotopic (exact) mass is 355 g/mol. The molecule has 2 fully saturated rings. The van der Waals surface area contributed by atoms with E-state index in [1.54, 1.807) is 13.0 Å². The summed E-state index contributed by atoms with van der Waals surface area (Å²) in [6.45, 7) is 7.43. The standard InChI is InChI=1S/C21H29N3O2/c1-14(2)20-21(13-24(20)15(3)25)9-18(19(26)10-21)23(4)12-17-7-5-6-16(8-17)11-22/h5-8,14,18-20,26H,9-10,12-13H2,1-4H3/t18-,19-,20?,21?/m1/s1. The number of hydrogen-bond donors (Lipinski definition) is 1. The van der Waals surface area contributed by atoms with Gasteiger partial charge in [0.25, 0.3) is 0 Å². The van der Waals surface area contributed by atoms with Crippen molar-refractivity contribution >= 4 is 5.91 Å². The number of likely N-dealkylation sites (N-methyl/N-ethyl adjacent to an activating group) is 1. The van der Waals surface area contributed by atoms with Crippen LogP contribution in [0, 0.1) is 22.7 Å². The van der Waals surface area contributed by atoms with Crippen LogP contribution in [0.3, 0.4) is 0 Å². The summed E-state index contributed by atoms with van der Waals surface area (Å²) in [5.41, 5.74) is 1.78. The van der Waals surface area contributed by atoms with Crippen LogP contribution in [-0.4, -0.2) is 52.6 Å². The number of nitrogens with zero attached hydrogens (tertiary/aromatic N) is 3. The molecule has 1 amide bonds. The quantitative estimate of drug-likeness (QED) is 0.900. The molecule has 0 aromatic heterocycles. The summed E-state index contributed by atoms with van der Waals surface area (Å²) < 4.78 is 0. The van der Waals surface area contributed by atoms with Gasteiger partial charge >= 0.3 is 0 Å². The fourth-order valence-corrected chi connectivity index (χ4v) is 5.28. The van der Waals surface area contributed by atoms with Gasteiger partial charge in [0.1, 0.15) is 0 Å². The predicted molar refractivity (Wildman–Crippen MR) is 100 cm³/mol. The van der Waals surface area contributed by atoms with Crippen molar-refractivity contribution in [2.75, 3.05) is 13.6 Å². The summed E-state index contributed by atoms with van der Waals surface area (Å²) in [5, 5.41) is 19.8. The van der Waals surface area contributed by atoms with Crippen LogP contribution in [0.1, 0.15) is 44.7 Å². The van der Waals surface area contributed by atoms with Gasteiger partial charge in [0.15, 0.2) is 0 Å². The van der Waals surface area contributed by atoms with Gasteiger partial charge < -0.3 is 10.0 Å². The summed E-state index contributed by atoms with van der Waals surface area (Å²) >= 11 is 0. The van der Waals surface area contributed by atoms with Gasteiger partial charge in [-0.25, -0.2) is 0 Å². The van der Waals surface area contributed by atoms with Crippen LogP contribution in [-0.2, 0) is 11.3 Å². The van der Waals surface area contributed by atoms with Crippen LogP contribution >= 0.6 is 0 Å². The van der Waals surface area contributed by atoms with E-state index in [1.807, 2.05) is 30.1 Å². The highest BCUT2D eigenvalue weighted by atomic mass is 16.3. The molecule has 26 heavy (non-hydrogen) atoms. The number of nitriles is 1. The van der Waals surface area contributed by atoms with Gasteiger partial charge in [0.2, 0.25) is 5.91 Å². The van der Waals surface area contributed by atoms with Crippen molar-refractivity contribution in [1.29, 1.82) is 5.26 Å². The third-order valence-electron chi connectivity index (χ3n) is 6.21. The number of rotatable bonds is 4. The van der Waals surface area contributed by atoms with Crippen LogP contribution in [0.25, 0.3) is 0 Å². The number of carbonyl (C=O) groups excluding carboxylic acids is 1. The summed E-state index contributed by atoms with van der Waals surface area (Å²) in [6.07, 6.45) is 1.29. The Bertz CT molecular complexity index is 726. The molecule has 5 heteroatoms. The average Bonchev–Trinajstić information content (AvgIpc) is 2.91. The zero-order valence-corrected chi connectivity index (χ0v) is 16.1. The number of aliphatic hydroxyl groups is 1. The van der Waals surface area contributed by atoms with Crippen molar-refractivity contribution in [3.8, 4) is 6.07 Å². The maximum Gasteiger partial charge on any atom is 0.219 e. The highest BCUT2D eigenvalue weighted by molar-refractivity contribution is 5.75. The summed E-state index contributed by atoms with van der Waals surface area (Å²) in [6, 6.07) is 10.1. The molecule has 4 atom stereocenters. The predicted octanol–water partition coefficient (Wildman–Crippen LogP) is 2.39. The highest BCUT2D eigenvalue weighted by Crippen LogP contribution is 2.53. The average molecular weight is 355 g/mol. The van der Waals surface area contributed by atoms with E-state index in [1.165, 1.54) is 0 Å². The second kappa shape index (κ2) is 7.02. The molecule has 1 saturated carbocycles. The fourth-order valence-electron chi connectivity index (χ4n) is 5.28. The SMILES string of the molecule is CC(=O)N1CC2(C[C@@H](O)[C@H](N(C)Cc3cccc(C#N)c3)C2)C1C(C)C. The van der Waals surface area contributed by atoms with Crippen molar-refractivity contribution in [1.82, 2.24) is 9.80 Å². The van der Waals surface area contributed by atoms with Crippen molar-refractivity contribution in [3.05, 3.63) is 35.4 Å².